The van der Waals surface area contributed by atoms with Crippen LogP contribution in [-0.2, 0) is 9.59 Å². The number of halogens is 2. The Bertz CT molecular complexity index is 1070. The third kappa shape index (κ3) is 5.00. The third-order valence-electron chi connectivity index (χ3n) is 5.98. The Morgan fingerprint density at radius 3 is 2.53 bits per heavy atom. The lowest BCUT2D eigenvalue weighted by Crippen LogP contribution is -2.50. The number of carbonyl (C=O) groups is 3. The van der Waals surface area contributed by atoms with Crippen molar-refractivity contribution in [2.45, 2.75) is 44.2 Å². The number of hydrogen-bond acceptors (Lipinski definition) is 4. The monoisotopic (exact) mass is 475 g/mol. The molecule has 4 rings (SSSR count). The quantitative estimate of drug-likeness (QED) is 0.467. The van der Waals surface area contributed by atoms with Gasteiger partial charge in [0, 0.05) is 17.8 Å². The molecule has 1 aliphatic carbocycles. The van der Waals surface area contributed by atoms with Crippen molar-refractivity contribution in [2.75, 3.05) is 6.54 Å². The summed E-state index contributed by atoms with van der Waals surface area (Å²) in [5.74, 6) is -0.922. The van der Waals surface area contributed by atoms with Crippen molar-refractivity contribution in [1.82, 2.24) is 20.9 Å². The molecule has 0 spiro atoms. The molecule has 10 heteroatoms. The molecular formula is C22H23Cl2N5O3. The molecule has 3 atom stereocenters. The average Bonchev–Trinajstić information content (AvgIpc) is 3.31. The van der Waals surface area contributed by atoms with E-state index in [1.165, 1.54) is 0 Å². The van der Waals surface area contributed by atoms with Gasteiger partial charge in [-0.3, -0.25) is 14.4 Å². The van der Waals surface area contributed by atoms with Crippen LogP contribution in [0, 0.1) is 23.2 Å². The van der Waals surface area contributed by atoms with E-state index in [9.17, 15) is 19.6 Å². The van der Waals surface area contributed by atoms with Gasteiger partial charge in [-0.2, -0.15) is 5.26 Å². The fourth-order valence-corrected chi connectivity index (χ4v) is 4.42. The maximum Gasteiger partial charge on any atom is 0.268 e. The van der Waals surface area contributed by atoms with Gasteiger partial charge in [-0.25, -0.2) is 0 Å². The normalized spacial score (nSPS) is 19.8. The summed E-state index contributed by atoms with van der Waals surface area (Å²) in [6, 6.07) is 5.35. The lowest BCUT2D eigenvalue weighted by atomic mass is 9.98. The summed E-state index contributed by atoms with van der Waals surface area (Å²) >= 11 is 12.4. The zero-order chi connectivity index (χ0) is 22.8. The van der Waals surface area contributed by atoms with Gasteiger partial charge in [0.1, 0.15) is 17.8 Å². The SMILES string of the molecule is N#CC(CC1CCNC1=O)NC(=O)C(CC1CC1)NC(=O)c1cc2c(Cl)ccc(Cl)c2[nH]1. The van der Waals surface area contributed by atoms with E-state index in [1.54, 1.807) is 18.2 Å². The van der Waals surface area contributed by atoms with E-state index in [0.717, 1.165) is 12.8 Å². The Balaban J connectivity index is 1.45. The number of nitrogens with one attached hydrogen (secondary N) is 4. The Morgan fingerprint density at radius 2 is 1.91 bits per heavy atom. The Kier molecular flexibility index (Phi) is 6.58. The minimum atomic E-state index is -0.805. The first-order valence-corrected chi connectivity index (χ1v) is 11.4. The summed E-state index contributed by atoms with van der Waals surface area (Å²) in [4.78, 5) is 40.6. The molecule has 168 valence electrons. The van der Waals surface area contributed by atoms with Gasteiger partial charge in [-0.15, -0.1) is 0 Å². The molecule has 1 aromatic heterocycles. The maximum absolute atomic E-state index is 12.9. The van der Waals surface area contributed by atoms with Crippen molar-refractivity contribution < 1.29 is 14.4 Å². The zero-order valence-electron chi connectivity index (χ0n) is 17.2. The number of carbonyl (C=O) groups excluding carboxylic acids is 3. The topological polar surface area (TPSA) is 127 Å². The highest BCUT2D eigenvalue weighted by molar-refractivity contribution is 6.40. The van der Waals surface area contributed by atoms with Crippen LogP contribution in [-0.4, -0.2) is 41.3 Å². The molecule has 1 saturated carbocycles. The van der Waals surface area contributed by atoms with Crippen LogP contribution >= 0.6 is 23.2 Å². The van der Waals surface area contributed by atoms with Crippen molar-refractivity contribution in [1.29, 1.82) is 5.26 Å². The van der Waals surface area contributed by atoms with Gasteiger partial charge < -0.3 is 20.9 Å². The molecule has 1 saturated heterocycles. The number of fused-ring (bicyclic) bond motifs is 1. The molecule has 0 radical (unpaired) electrons. The predicted molar refractivity (Wildman–Crippen MR) is 120 cm³/mol. The first-order valence-electron chi connectivity index (χ1n) is 10.6. The van der Waals surface area contributed by atoms with Gasteiger partial charge in [0.25, 0.3) is 5.91 Å². The number of nitriles is 1. The fourth-order valence-electron chi connectivity index (χ4n) is 4.00. The van der Waals surface area contributed by atoms with E-state index in [2.05, 4.69) is 27.0 Å². The molecule has 8 nitrogen and oxygen atoms in total. The molecule has 2 aromatic rings. The summed E-state index contributed by atoms with van der Waals surface area (Å²) in [6.45, 7) is 0.578. The summed E-state index contributed by atoms with van der Waals surface area (Å²) in [7, 11) is 0. The number of hydrogen-bond donors (Lipinski definition) is 4. The summed E-state index contributed by atoms with van der Waals surface area (Å²) in [6.07, 6.45) is 3.38. The summed E-state index contributed by atoms with van der Waals surface area (Å²) < 4.78 is 0. The largest absolute Gasteiger partial charge is 0.356 e. The number of amides is 3. The van der Waals surface area contributed by atoms with Crippen LogP contribution in [0.4, 0.5) is 0 Å². The average molecular weight is 476 g/mol. The molecule has 2 fully saturated rings. The van der Waals surface area contributed by atoms with Crippen molar-refractivity contribution in [3.63, 3.8) is 0 Å². The van der Waals surface area contributed by atoms with Crippen LogP contribution in [0.1, 0.15) is 42.6 Å². The van der Waals surface area contributed by atoms with Gasteiger partial charge in [0.15, 0.2) is 0 Å². The first-order chi connectivity index (χ1) is 15.4. The smallest absolute Gasteiger partial charge is 0.268 e. The lowest BCUT2D eigenvalue weighted by Gasteiger charge is -2.21. The highest BCUT2D eigenvalue weighted by atomic mass is 35.5. The summed E-state index contributed by atoms with van der Waals surface area (Å²) in [5.41, 5.74) is 0.787. The van der Waals surface area contributed by atoms with Crippen LogP contribution in [0.25, 0.3) is 10.9 Å². The van der Waals surface area contributed by atoms with Crippen molar-refractivity contribution >= 4 is 51.8 Å². The van der Waals surface area contributed by atoms with Crippen LogP contribution < -0.4 is 16.0 Å². The van der Waals surface area contributed by atoms with Gasteiger partial charge in [0.05, 0.1) is 21.6 Å². The van der Waals surface area contributed by atoms with E-state index in [1.807, 2.05) is 0 Å². The number of H-pyrrole nitrogens is 1. The van der Waals surface area contributed by atoms with E-state index in [-0.39, 0.29) is 23.9 Å². The van der Waals surface area contributed by atoms with Gasteiger partial charge in [-0.05, 0) is 43.4 Å². The molecule has 32 heavy (non-hydrogen) atoms. The summed E-state index contributed by atoms with van der Waals surface area (Å²) in [5, 5.41) is 19.2. The molecule has 2 heterocycles. The second-order valence-corrected chi connectivity index (χ2v) is 9.22. The van der Waals surface area contributed by atoms with Crippen LogP contribution in [0.5, 0.6) is 0 Å². The van der Waals surface area contributed by atoms with Crippen molar-refractivity contribution in [2.24, 2.45) is 11.8 Å². The van der Waals surface area contributed by atoms with Gasteiger partial charge in [-0.1, -0.05) is 36.0 Å². The number of aromatic amines is 1. The minimum absolute atomic E-state index is 0.0986. The van der Waals surface area contributed by atoms with Gasteiger partial charge in [0.2, 0.25) is 11.8 Å². The third-order valence-corrected chi connectivity index (χ3v) is 6.62. The molecule has 3 unspecified atom stereocenters. The lowest BCUT2D eigenvalue weighted by molar-refractivity contribution is -0.125. The highest BCUT2D eigenvalue weighted by Crippen LogP contribution is 2.34. The van der Waals surface area contributed by atoms with Crippen LogP contribution in [0.2, 0.25) is 10.0 Å². The molecule has 1 aromatic carbocycles. The highest BCUT2D eigenvalue weighted by Gasteiger charge is 2.33. The molecule has 1 aliphatic heterocycles. The predicted octanol–water partition coefficient (Wildman–Crippen LogP) is 2.91. The molecule has 4 N–H and O–H groups in total. The van der Waals surface area contributed by atoms with E-state index in [0.29, 0.717) is 46.3 Å². The van der Waals surface area contributed by atoms with E-state index < -0.39 is 23.9 Å². The standard InChI is InChI=1S/C22H23Cl2N5O3/c23-15-3-4-16(24)19-14(15)9-18(28-19)22(32)29-17(7-11-1-2-11)21(31)27-13(10-25)8-12-5-6-26-20(12)30/h3-4,9,11-13,17,28H,1-2,5-8H2,(H,26,30)(H,27,31)(H,29,32). The number of benzene rings is 1. The van der Waals surface area contributed by atoms with Gasteiger partial charge >= 0.3 is 0 Å². The maximum atomic E-state index is 12.9. The van der Waals surface area contributed by atoms with E-state index >= 15 is 0 Å². The molecule has 0 bridgehead atoms. The van der Waals surface area contributed by atoms with Crippen molar-refractivity contribution in [3.8, 4) is 6.07 Å². The Labute approximate surface area is 195 Å². The number of nitrogens with zero attached hydrogens (tertiary/aromatic N) is 1. The van der Waals surface area contributed by atoms with Crippen molar-refractivity contribution in [3.05, 3.63) is 33.9 Å². The number of aromatic nitrogens is 1. The zero-order valence-corrected chi connectivity index (χ0v) is 18.7. The Morgan fingerprint density at radius 1 is 1.16 bits per heavy atom. The molecule has 3 amide bonds. The minimum Gasteiger partial charge on any atom is -0.356 e. The number of rotatable bonds is 8. The van der Waals surface area contributed by atoms with Crippen LogP contribution in [0.15, 0.2) is 18.2 Å². The van der Waals surface area contributed by atoms with E-state index in [4.69, 9.17) is 23.2 Å². The first kappa shape index (κ1) is 22.4. The second-order valence-electron chi connectivity index (χ2n) is 8.41. The molecular weight excluding hydrogens is 453 g/mol. The molecule has 2 aliphatic rings. The second kappa shape index (κ2) is 9.39. The Hall–Kier alpha value is -2.76. The van der Waals surface area contributed by atoms with Crippen LogP contribution in [0.3, 0.4) is 0 Å². The fraction of sp³-hybridized carbons (Fsp3) is 0.455.